The Kier molecular flexibility index (Phi) is 8.75. The highest BCUT2D eigenvalue weighted by Gasteiger charge is 2.18. The molecule has 9 heteroatoms. The van der Waals surface area contributed by atoms with E-state index in [9.17, 15) is 9.18 Å². The average molecular weight is 649 g/mol. The summed E-state index contributed by atoms with van der Waals surface area (Å²) in [6, 6.07) is 20.7. The molecule has 214 valence electrons. The van der Waals surface area contributed by atoms with Crippen molar-refractivity contribution in [1.29, 1.82) is 0 Å². The first kappa shape index (κ1) is 29.5. The number of hydrogen-bond donors (Lipinski definition) is 0. The number of aryl methyl sites for hydroxylation is 1. The second-order valence-corrected chi connectivity index (χ2v) is 11.4. The molecule has 1 heterocycles. The fraction of sp³-hybridized carbons (Fsp3) is 0.182. The van der Waals surface area contributed by atoms with Crippen LogP contribution in [0.2, 0.25) is 5.02 Å². The average Bonchev–Trinajstić information content (AvgIpc) is 2.96. The summed E-state index contributed by atoms with van der Waals surface area (Å²) in [4.78, 5) is 18.6. The Hall–Kier alpha value is -4.01. The van der Waals surface area contributed by atoms with Gasteiger partial charge in [-0.3, -0.25) is 4.79 Å². The number of rotatable bonds is 8. The lowest BCUT2D eigenvalue weighted by Crippen LogP contribution is -2.20. The third-order valence-electron chi connectivity index (χ3n) is 6.83. The van der Waals surface area contributed by atoms with E-state index in [4.69, 9.17) is 26.1 Å². The second kappa shape index (κ2) is 12.5. The third-order valence-corrected chi connectivity index (χ3v) is 7.70. The first-order valence-corrected chi connectivity index (χ1v) is 14.4. The van der Waals surface area contributed by atoms with Crippen LogP contribution in [0.15, 0.2) is 87.2 Å². The summed E-state index contributed by atoms with van der Waals surface area (Å²) in [5.41, 5.74) is 4.41. The third kappa shape index (κ3) is 6.10. The van der Waals surface area contributed by atoms with Crippen LogP contribution in [0.25, 0.3) is 22.3 Å². The number of hydrogen-bond acceptors (Lipinski definition) is 5. The lowest BCUT2D eigenvalue weighted by molar-refractivity contribution is 0.304. The number of aromatic nitrogens is 2. The molecular formula is C33H28BrClFN3O3. The van der Waals surface area contributed by atoms with E-state index in [0.29, 0.717) is 37.5 Å². The summed E-state index contributed by atoms with van der Waals surface area (Å²) < 4.78 is 26.7. The first-order valence-electron chi connectivity index (χ1n) is 13.3. The van der Waals surface area contributed by atoms with E-state index >= 15 is 0 Å². The molecule has 0 atom stereocenters. The molecule has 0 unspecified atom stereocenters. The van der Waals surface area contributed by atoms with Crippen molar-refractivity contribution in [2.24, 2.45) is 5.10 Å². The number of para-hydroxylation sites is 1. The van der Waals surface area contributed by atoms with Gasteiger partial charge < -0.3 is 9.47 Å². The number of halogens is 3. The van der Waals surface area contributed by atoms with E-state index in [-0.39, 0.29) is 23.9 Å². The standard InChI is InChI=1S/C33H28BrClFN3O3/c1-19(2)25-16-26(20(3)13-30(25)41-4)32-38-29-8-6-5-7-24(29)33(40)39(32)37-17-22-14-27(34)31(28(35)15-22)42-18-21-9-11-23(36)12-10-21/h5-17,19H,18H2,1-4H3. The fourth-order valence-corrected chi connectivity index (χ4v) is 5.61. The Morgan fingerprint density at radius 1 is 1.10 bits per heavy atom. The first-order chi connectivity index (χ1) is 20.2. The molecule has 4 aromatic carbocycles. The molecule has 0 saturated carbocycles. The zero-order valence-corrected chi connectivity index (χ0v) is 25.8. The van der Waals surface area contributed by atoms with Gasteiger partial charge in [0.25, 0.3) is 5.56 Å². The molecule has 0 spiro atoms. The molecule has 0 saturated heterocycles. The number of nitrogens with zero attached hydrogens (tertiary/aromatic N) is 3. The minimum atomic E-state index is -0.312. The zero-order chi connectivity index (χ0) is 30.0. The molecular weight excluding hydrogens is 621 g/mol. The van der Waals surface area contributed by atoms with E-state index in [0.717, 1.165) is 28.0 Å². The van der Waals surface area contributed by atoms with Crippen LogP contribution in [0.5, 0.6) is 11.5 Å². The number of fused-ring (bicyclic) bond motifs is 1. The Labute approximate surface area is 256 Å². The van der Waals surface area contributed by atoms with Gasteiger partial charge in [-0.2, -0.15) is 9.78 Å². The lowest BCUT2D eigenvalue weighted by Gasteiger charge is -2.17. The maximum atomic E-state index is 13.7. The second-order valence-electron chi connectivity index (χ2n) is 10.1. The normalized spacial score (nSPS) is 11.5. The van der Waals surface area contributed by atoms with Gasteiger partial charge in [0.05, 0.1) is 33.7 Å². The van der Waals surface area contributed by atoms with E-state index < -0.39 is 0 Å². The van der Waals surface area contributed by atoms with Crippen LogP contribution in [-0.2, 0) is 6.61 Å². The predicted molar refractivity (Wildman–Crippen MR) is 170 cm³/mol. The van der Waals surface area contributed by atoms with E-state index in [1.54, 1.807) is 49.7 Å². The molecule has 1 aromatic heterocycles. The van der Waals surface area contributed by atoms with Gasteiger partial charge in [0, 0.05) is 5.56 Å². The topological polar surface area (TPSA) is 65.7 Å². The van der Waals surface area contributed by atoms with Gasteiger partial charge in [0.15, 0.2) is 11.6 Å². The van der Waals surface area contributed by atoms with Gasteiger partial charge in [0.2, 0.25) is 0 Å². The van der Waals surface area contributed by atoms with Crippen LogP contribution < -0.4 is 15.0 Å². The molecule has 0 fully saturated rings. The van der Waals surface area contributed by atoms with Crippen molar-refractivity contribution < 1.29 is 13.9 Å². The summed E-state index contributed by atoms with van der Waals surface area (Å²) in [7, 11) is 1.65. The van der Waals surface area contributed by atoms with Gasteiger partial charge in [-0.25, -0.2) is 9.37 Å². The van der Waals surface area contributed by atoms with Gasteiger partial charge >= 0.3 is 0 Å². The van der Waals surface area contributed by atoms with Crippen molar-refractivity contribution in [3.8, 4) is 22.9 Å². The summed E-state index contributed by atoms with van der Waals surface area (Å²) in [6.07, 6.45) is 1.56. The Morgan fingerprint density at radius 3 is 2.52 bits per heavy atom. The highest BCUT2D eigenvalue weighted by atomic mass is 79.9. The SMILES string of the molecule is COc1cc(C)c(-c2nc3ccccc3c(=O)n2N=Cc2cc(Cl)c(OCc3ccc(F)cc3)c(Br)c2)cc1C(C)C. The number of benzene rings is 4. The summed E-state index contributed by atoms with van der Waals surface area (Å²) in [5.74, 6) is 1.52. The molecule has 0 aliphatic rings. The van der Waals surface area contributed by atoms with Crippen LogP contribution in [-0.4, -0.2) is 23.0 Å². The zero-order valence-electron chi connectivity index (χ0n) is 23.5. The monoisotopic (exact) mass is 647 g/mol. The summed E-state index contributed by atoms with van der Waals surface area (Å²) in [5, 5.41) is 5.41. The molecule has 0 radical (unpaired) electrons. The molecule has 0 N–H and O–H groups in total. The highest BCUT2D eigenvalue weighted by Crippen LogP contribution is 2.36. The lowest BCUT2D eigenvalue weighted by atomic mass is 9.96. The molecule has 0 aliphatic heterocycles. The summed E-state index contributed by atoms with van der Waals surface area (Å²) >= 11 is 10.1. The molecule has 0 bridgehead atoms. The molecule has 5 aromatic rings. The molecule has 5 rings (SSSR count). The van der Waals surface area contributed by atoms with Crippen molar-refractivity contribution in [2.45, 2.75) is 33.3 Å². The van der Waals surface area contributed by atoms with E-state index in [2.05, 4.69) is 34.9 Å². The Balaban J connectivity index is 1.56. The molecule has 0 amide bonds. The van der Waals surface area contributed by atoms with Gasteiger partial charge in [-0.1, -0.05) is 49.7 Å². The Morgan fingerprint density at radius 2 is 1.83 bits per heavy atom. The summed E-state index contributed by atoms with van der Waals surface area (Å²) in [6.45, 7) is 6.35. The van der Waals surface area contributed by atoms with Gasteiger partial charge in [-0.05, 0) is 99.6 Å². The predicted octanol–water partition coefficient (Wildman–Crippen LogP) is 8.52. The van der Waals surface area contributed by atoms with Crippen LogP contribution in [0, 0.1) is 12.7 Å². The van der Waals surface area contributed by atoms with Crippen molar-refractivity contribution >= 4 is 44.6 Å². The molecule has 42 heavy (non-hydrogen) atoms. The van der Waals surface area contributed by atoms with Gasteiger partial charge in [0.1, 0.15) is 18.2 Å². The fourth-order valence-electron chi connectivity index (χ4n) is 4.62. The largest absolute Gasteiger partial charge is 0.496 e. The number of methoxy groups -OCH3 is 1. The van der Waals surface area contributed by atoms with Crippen LogP contribution >= 0.6 is 27.5 Å². The van der Waals surface area contributed by atoms with Crippen molar-refractivity contribution in [2.75, 3.05) is 7.11 Å². The Bertz CT molecular complexity index is 1850. The van der Waals surface area contributed by atoms with Crippen molar-refractivity contribution in [3.05, 3.63) is 121 Å². The van der Waals surface area contributed by atoms with Crippen LogP contribution in [0.4, 0.5) is 4.39 Å². The van der Waals surface area contributed by atoms with Crippen molar-refractivity contribution in [1.82, 2.24) is 9.66 Å². The van der Waals surface area contributed by atoms with E-state index in [1.807, 2.05) is 31.2 Å². The maximum absolute atomic E-state index is 13.7. The maximum Gasteiger partial charge on any atom is 0.282 e. The van der Waals surface area contributed by atoms with Crippen molar-refractivity contribution in [3.63, 3.8) is 0 Å². The van der Waals surface area contributed by atoms with E-state index in [1.165, 1.54) is 16.8 Å². The van der Waals surface area contributed by atoms with Crippen LogP contribution in [0.3, 0.4) is 0 Å². The van der Waals surface area contributed by atoms with Gasteiger partial charge in [-0.15, -0.1) is 0 Å². The highest BCUT2D eigenvalue weighted by molar-refractivity contribution is 9.10. The smallest absolute Gasteiger partial charge is 0.282 e. The minimum Gasteiger partial charge on any atom is -0.496 e. The number of ether oxygens (including phenoxy) is 2. The van der Waals surface area contributed by atoms with Crippen LogP contribution in [0.1, 0.15) is 42.0 Å². The minimum absolute atomic E-state index is 0.187. The molecule has 6 nitrogen and oxygen atoms in total. The molecule has 0 aliphatic carbocycles. The quantitative estimate of drug-likeness (QED) is 0.158.